The number of aryl methyl sites for hydroxylation is 2. The monoisotopic (exact) mass is 416 g/mol. The van der Waals surface area contributed by atoms with Crippen molar-refractivity contribution in [2.45, 2.75) is 33.7 Å². The molecule has 0 spiro atoms. The molecular weight excluding hydrogens is 392 g/mol. The molecule has 0 radical (unpaired) electrons. The molecule has 3 rings (SSSR count). The molecule has 0 aliphatic heterocycles. The van der Waals surface area contributed by atoms with Gasteiger partial charge in [-0.15, -0.1) is 0 Å². The molecular formula is C25H24N2O4. The maximum atomic E-state index is 12.9. The summed E-state index contributed by atoms with van der Waals surface area (Å²) in [6.45, 7) is 5.19. The quantitative estimate of drug-likeness (QED) is 0.590. The lowest BCUT2D eigenvalue weighted by atomic mass is 10.0. The number of hydrogen-bond acceptors (Lipinski definition) is 5. The van der Waals surface area contributed by atoms with Crippen molar-refractivity contribution in [3.63, 3.8) is 0 Å². The molecule has 0 fully saturated rings. The molecule has 3 aromatic rings. The molecule has 0 saturated heterocycles. The van der Waals surface area contributed by atoms with E-state index < -0.39 is 17.2 Å². The van der Waals surface area contributed by atoms with Crippen LogP contribution in [0.25, 0.3) is 0 Å². The van der Waals surface area contributed by atoms with Crippen LogP contribution in [0.15, 0.2) is 53.3 Å². The minimum atomic E-state index is -0.634. The highest BCUT2D eigenvalue weighted by atomic mass is 16.5. The zero-order chi connectivity index (χ0) is 22.5. The van der Waals surface area contributed by atoms with Gasteiger partial charge in [0.25, 0.3) is 5.56 Å². The summed E-state index contributed by atoms with van der Waals surface area (Å²) in [5, 5.41) is 20.3. The van der Waals surface area contributed by atoms with Crippen LogP contribution in [0.5, 0.6) is 11.6 Å². The standard InChI is InChI=1S/C25H24N2O4/c1-4-18-9-11-20(12-10-18)31-15-22(28)23-17(3)21(13-26)24(29)27(25(23)30)14-19-7-5-16(2)6-8-19/h5-12,30H,4,14-15H2,1-3H3. The molecule has 0 aliphatic carbocycles. The third-order valence-electron chi connectivity index (χ3n) is 5.24. The van der Waals surface area contributed by atoms with Crippen molar-refractivity contribution in [2.24, 2.45) is 0 Å². The first kappa shape index (κ1) is 21.8. The lowest BCUT2D eigenvalue weighted by Gasteiger charge is -2.16. The Morgan fingerprint density at radius 2 is 1.68 bits per heavy atom. The van der Waals surface area contributed by atoms with Crippen molar-refractivity contribution in [3.8, 4) is 17.7 Å². The fourth-order valence-corrected chi connectivity index (χ4v) is 3.35. The van der Waals surface area contributed by atoms with Crippen molar-refractivity contribution < 1.29 is 14.6 Å². The number of Topliss-reactive ketones (excluding diaryl/α,β-unsaturated/α-hetero) is 1. The topological polar surface area (TPSA) is 92.3 Å². The van der Waals surface area contributed by atoms with Crippen molar-refractivity contribution in [1.82, 2.24) is 4.57 Å². The average Bonchev–Trinajstić information content (AvgIpc) is 2.77. The second-order valence-corrected chi connectivity index (χ2v) is 7.40. The number of hydrogen-bond donors (Lipinski definition) is 1. The molecule has 6 nitrogen and oxygen atoms in total. The van der Waals surface area contributed by atoms with Crippen LogP contribution in [0.1, 0.15) is 45.1 Å². The average molecular weight is 416 g/mol. The van der Waals surface area contributed by atoms with Crippen LogP contribution in [-0.4, -0.2) is 22.1 Å². The Labute approximate surface area is 181 Å². The van der Waals surface area contributed by atoms with Crippen LogP contribution in [0.4, 0.5) is 0 Å². The number of carbonyl (C=O) groups excluding carboxylic acids is 1. The first-order chi connectivity index (χ1) is 14.8. The van der Waals surface area contributed by atoms with Crippen LogP contribution >= 0.6 is 0 Å². The Hall–Kier alpha value is -3.85. The Morgan fingerprint density at radius 1 is 1.06 bits per heavy atom. The largest absolute Gasteiger partial charge is 0.494 e. The first-order valence-corrected chi connectivity index (χ1v) is 10.0. The van der Waals surface area contributed by atoms with E-state index in [1.165, 1.54) is 6.92 Å². The van der Waals surface area contributed by atoms with Gasteiger partial charge < -0.3 is 9.84 Å². The summed E-state index contributed by atoms with van der Waals surface area (Å²) in [4.78, 5) is 25.7. The molecule has 2 aromatic carbocycles. The van der Waals surface area contributed by atoms with Gasteiger partial charge in [0.15, 0.2) is 6.61 Å². The number of aromatic hydroxyl groups is 1. The fourth-order valence-electron chi connectivity index (χ4n) is 3.35. The highest BCUT2D eigenvalue weighted by molar-refractivity contribution is 6.01. The highest BCUT2D eigenvalue weighted by Gasteiger charge is 2.24. The molecule has 0 bridgehead atoms. The SMILES string of the molecule is CCc1ccc(OCC(=O)c2c(C)c(C#N)c(=O)n(Cc3ccc(C)cc3)c2O)cc1. The van der Waals surface area contributed by atoms with Gasteiger partial charge in [-0.25, -0.2) is 0 Å². The van der Waals surface area contributed by atoms with E-state index in [2.05, 4.69) is 0 Å². The Kier molecular flexibility index (Phi) is 6.56. The third-order valence-corrected chi connectivity index (χ3v) is 5.24. The van der Waals surface area contributed by atoms with Crippen LogP contribution in [0.2, 0.25) is 0 Å². The van der Waals surface area contributed by atoms with Gasteiger partial charge in [-0.05, 0) is 49.1 Å². The Bertz CT molecular complexity index is 1200. The summed E-state index contributed by atoms with van der Waals surface area (Å²) in [5.74, 6) is -0.447. The number of nitriles is 1. The minimum Gasteiger partial charge on any atom is -0.494 e. The Balaban J connectivity index is 1.94. The van der Waals surface area contributed by atoms with Crippen LogP contribution in [-0.2, 0) is 13.0 Å². The van der Waals surface area contributed by atoms with Crippen LogP contribution in [0.3, 0.4) is 0 Å². The molecule has 0 unspecified atom stereocenters. The van der Waals surface area contributed by atoms with Gasteiger partial charge in [-0.1, -0.05) is 48.9 Å². The van der Waals surface area contributed by atoms with Crippen molar-refractivity contribution >= 4 is 5.78 Å². The summed E-state index contributed by atoms with van der Waals surface area (Å²) in [7, 11) is 0. The number of rotatable bonds is 7. The summed E-state index contributed by atoms with van der Waals surface area (Å²) < 4.78 is 6.63. The molecule has 1 N–H and O–H groups in total. The lowest BCUT2D eigenvalue weighted by Crippen LogP contribution is -2.28. The third kappa shape index (κ3) is 4.67. The van der Waals surface area contributed by atoms with E-state index in [-0.39, 0.29) is 29.8 Å². The van der Waals surface area contributed by atoms with E-state index in [0.29, 0.717) is 5.75 Å². The van der Waals surface area contributed by atoms with Gasteiger partial charge in [0.2, 0.25) is 11.7 Å². The molecule has 0 amide bonds. The van der Waals surface area contributed by atoms with E-state index >= 15 is 0 Å². The molecule has 0 aliphatic rings. The maximum Gasteiger partial charge on any atom is 0.271 e. The zero-order valence-corrected chi connectivity index (χ0v) is 17.8. The number of ether oxygens (including phenoxy) is 1. The highest BCUT2D eigenvalue weighted by Crippen LogP contribution is 2.24. The first-order valence-electron chi connectivity index (χ1n) is 10.0. The van der Waals surface area contributed by atoms with E-state index in [9.17, 15) is 20.0 Å². The van der Waals surface area contributed by atoms with E-state index in [4.69, 9.17) is 4.74 Å². The summed E-state index contributed by atoms with van der Waals surface area (Å²) in [6, 6.07) is 16.7. The van der Waals surface area contributed by atoms with E-state index in [1.807, 2.05) is 56.3 Å². The molecule has 0 saturated carbocycles. The number of carbonyl (C=O) groups is 1. The predicted molar refractivity (Wildman–Crippen MR) is 118 cm³/mol. The number of pyridine rings is 1. The smallest absolute Gasteiger partial charge is 0.271 e. The number of nitrogens with zero attached hydrogens (tertiary/aromatic N) is 2. The lowest BCUT2D eigenvalue weighted by molar-refractivity contribution is 0.0916. The van der Waals surface area contributed by atoms with Crippen LogP contribution in [0, 0.1) is 25.2 Å². The normalized spacial score (nSPS) is 10.5. The number of aromatic nitrogens is 1. The second kappa shape index (κ2) is 9.31. The van der Waals surface area contributed by atoms with Gasteiger partial charge in [0.05, 0.1) is 12.1 Å². The predicted octanol–water partition coefficient (Wildman–Crippen LogP) is 3.91. The Morgan fingerprint density at radius 3 is 2.26 bits per heavy atom. The van der Waals surface area contributed by atoms with Gasteiger partial charge >= 0.3 is 0 Å². The summed E-state index contributed by atoms with van der Waals surface area (Å²) in [6.07, 6.45) is 0.895. The van der Waals surface area contributed by atoms with Crippen molar-refractivity contribution in [3.05, 3.63) is 92.3 Å². The maximum absolute atomic E-state index is 12.9. The second-order valence-electron chi connectivity index (χ2n) is 7.40. The van der Waals surface area contributed by atoms with Crippen molar-refractivity contribution in [2.75, 3.05) is 6.61 Å². The van der Waals surface area contributed by atoms with E-state index in [0.717, 1.165) is 27.7 Å². The van der Waals surface area contributed by atoms with Gasteiger partial charge in [-0.2, -0.15) is 5.26 Å². The van der Waals surface area contributed by atoms with Crippen molar-refractivity contribution in [1.29, 1.82) is 5.26 Å². The summed E-state index contributed by atoms with van der Waals surface area (Å²) >= 11 is 0. The van der Waals surface area contributed by atoms with Gasteiger partial charge in [-0.3, -0.25) is 14.2 Å². The zero-order valence-electron chi connectivity index (χ0n) is 17.8. The molecule has 31 heavy (non-hydrogen) atoms. The molecule has 158 valence electrons. The van der Waals surface area contributed by atoms with E-state index in [1.54, 1.807) is 12.1 Å². The molecule has 1 aromatic heterocycles. The molecule has 0 atom stereocenters. The van der Waals surface area contributed by atoms with Gasteiger partial charge in [0, 0.05) is 0 Å². The molecule has 6 heteroatoms. The summed E-state index contributed by atoms with van der Waals surface area (Å²) in [5.41, 5.74) is 2.25. The minimum absolute atomic E-state index is 0.0412. The fraction of sp³-hybridized carbons (Fsp3) is 0.240. The molecule has 1 heterocycles. The number of benzene rings is 2. The van der Waals surface area contributed by atoms with Crippen LogP contribution < -0.4 is 10.3 Å². The van der Waals surface area contributed by atoms with Gasteiger partial charge in [0.1, 0.15) is 17.4 Å². The number of ketones is 1.